The van der Waals surface area contributed by atoms with Crippen LogP contribution in [0.2, 0.25) is 5.02 Å². The molecule has 0 unspecified atom stereocenters. The van der Waals surface area contributed by atoms with Gasteiger partial charge in [0, 0.05) is 16.3 Å². The van der Waals surface area contributed by atoms with E-state index in [0.717, 1.165) is 40.8 Å². The minimum Gasteiger partial charge on any atom is -0.362 e. The largest absolute Gasteiger partial charge is 0.362 e. The Labute approximate surface area is 225 Å². The number of benzene rings is 3. The highest BCUT2D eigenvalue weighted by molar-refractivity contribution is 6.35. The van der Waals surface area contributed by atoms with E-state index in [4.69, 9.17) is 17.0 Å². The molecule has 1 aliphatic carbocycles. The molecule has 4 rings (SSSR count). The molecule has 4 heteroatoms. The normalized spacial score (nSPS) is 13.6. The van der Waals surface area contributed by atoms with Crippen LogP contribution in [0, 0.1) is 17.1 Å². The van der Waals surface area contributed by atoms with E-state index in [1.165, 1.54) is 30.0 Å². The number of rotatable bonds is 12. The van der Waals surface area contributed by atoms with Crippen molar-refractivity contribution in [2.24, 2.45) is 5.92 Å². The molecule has 2 nitrogen and oxygen atoms in total. The van der Waals surface area contributed by atoms with Crippen LogP contribution in [0.25, 0.3) is 6.08 Å². The van der Waals surface area contributed by atoms with Crippen LogP contribution in [-0.2, 0) is 19.3 Å². The Balaban J connectivity index is 1.54. The second-order valence-corrected chi connectivity index (χ2v) is 10.1. The van der Waals surface area contributed by atoms with E-state index >= 15 is 0 Å². The van der Waals surface area contributed by atoms with Crippen molar-refractivity contribution in [3.05, 3.63) is 130 Å². The Morgan fingerprint density at radius 2 is 1.78 bits per heavy atom. The Morgan fingerprint density at radius 3 is 2.46 bits per heavy atom. The lowest BCUT2D eigenvalue weighted by Crippen LogP contribution is -2.09. The minimum absolute atomic E-state index is 0.199. The number of hydrogen-bond acceptors (Lipinski definition) is 2. The van der Waals surface area contributed by atoms with Crippen molar-refractivity contribution in [1.29, 1.82) is 5.41 Å². The second-order valence-electron chi connectivity index (χ2n) is 9.69. The molecule has 0 saturated heterocycles. The molecule has 0 amide bonds. The van der Waals surface area contributed by atoms with E-state index < -0.39 is 0 Å². The lowest BCUT2D eigenvalue weighted by Gasteiger charge is -2.16. The molecule has 1 aliphatic rings. The Hall–Kier alpha value is -3.43. The van der Waals surface area contributed by atoms with Crippen molar-refractivity contribution < 1.29 is 4.39 Å². The molecule has 3 aromatic carbocycles. The first-order valence-corrected chi connectivity index (χ1v) is 13.2. The summed E-state index contributed by atoms with van der Waals surface area (Å²) in [6, 6.07) is 19.3. The summed E-state index contributed by atoms with van der Waals surface area (Å²) >= 11 is 6.45. The Bertz CT molecular complexity index is 1350. The average Bonchev–Trinajstić information content (AvgIpc) is 3.75. The van der Waals surface area contributed by atoms with E-state index in [2.05, 4.69) is 43.6 Å². The molecule has 0 aromatic heterocycles. The SMILES string of the molecule is C=CNc1ccc(CC/C(C(=N)c2ccccc2Cl)=C(/C)C2CC2)cc1CCc1ccc(C=C)cc1F. The fourth-order valence-corrected chi connectivity index (χ4v) is 5.03. The van der Waals surface area contributed by atoms with E-state index in [1.54, 1.807) is 12.3 Å². The van der Waals surface area contributed by atoms with Crippen molar-refractivity contribution in [1.82, 2.24) is 0 Å². The van der Waals surface area contributed by atoms with Gasteiger partial charge in [-0.05, 0) is 104 Å². The molecule has 3 aromatic rings. The zero-order valence-corrected chi connectivity index (χ0v) is 22.2. The van der Waals surface area contributed by atoms with E-state index in [0.29, 0.717) is 35.1 Å². The van der Waals surface area contributed by atoms with Crippen LogP contribution in [0.5, 0.6) is 0 Å². The van der Waals surface area contributed by atoms with Gasteiger partial charge in [0.15, 0.2) is 0 Å². The zero-order valence-electron chi connectivity index (χ0n) is 21.4. The molecule has 0 aliphatic heterocycles. The molecular formula is C33H34ClFN2. The monoisotopic (exact) mass is 512 g/mol. The van der Waals surface area contributed by atoms with Gasteiger partial charge in [-0.3, -0.25) is 5.41 Å². The highest BCUT2D eigenvalue weighted by Gasteiger charge is 2.27. The van der Waals surface area contributed by atoms with Crippen LogP contribution in [0.4, 0.5) is 10.1 Å². The van der Waals surface area contributed by atoms with Gasteiger partial charge in [0.2, 0.25) is 0 Å². The molecule has 0 spiro atoms. The van der Waals surface area contributed by atoms with Crippen LogP contribution >= 0.6 is 11.6 Å². The molecule has 190 valence electrons. The lowest BCUT2D eigenvalue weighted by atomic mass is 9.90. The number of nitrogens with one attached hydrogen (secondary N) is 2. The number of allylic oxidation sites excluding steroid dienone is 2. The third kappa shape index (κ3) is 6.67. The number of hydrogen-bond donors (Lipinski definition) is 2. The maximum Gasteiger partial charge on any atom is 0.127 e. The van der Waals surface area contributed by atoms with Gasteiger partial charge in [-0.2, -0.15) is 0 Å². The summed E-state index contributed by atoms with van der Waals surface area (Å²) in [7, 11) is 0. The van der Waals surface area contributed by atoms with E-state index in [-0.39, 0.29) is 5.82 Å². The molecule has 0 heterocycles. The van der Waals surface area contributed by atoms with Gasteiger partial charge in [0.1, 0.15) is 5.82 Å². The summed E-state index contributed by atoms with van der Waals surface area (Å²) in [6.45, 7) is 9.70. The number of aryl methyl sites for hydroxylation is 3. The summed E-state index contributed by atoms with van der Waals surface area (Å²) in [6.07, 6.45) is 8.61. The number of halogens is 2. The van der Waals surface area contributed by atoms with Crippen LogP contribution < -0.4 is 5.32 Å². The van der Waals surface area contributed by atoms with E-state index in [9.17, 15) is 4.39 Å². The van der Waals surface area contributed by atoms with E-state index in [1.807, 2.05) is 36.4 Å². The van der Waals surface area contributed by atoms with Gasteiger partial charge in [-0.1, -0.05) is 78.9 Å². The van der Waals surface area contributed by atoms with Crippen LogP contribution in [0.1, 0.15) is 54.0 Å². The van der Waals surface area contributed by atoms with Gasteiger partial charge < -0.3 is 5.32 Å². The number of anilines is 1. The average molecular weight is 513 g/mol. The maximum atomic E-state index is 14.6. The first-order chi connectivity index (χ1) is 17.9. The molecule has 1 fully saturated rings. The van der Waals surface area contributed by atoms with Gasteiger partial charge in [-0.15, -0.1) is 0 Å². The van der Waals surface area contributed by atoms with Crippen molar-refractivity contribution in [3.63, 3.8) is 0 Å². The van der Waals surface area contributed by atoms with Crippen molar-refractivity contribution in [2.45, 2.75) is 45.4 Å². The minimum atomic E-state index is -0.199. The molecule has 0 radical (unpaired) electrons. The molecule has 1 saturated carbocycles. The highest BCUT2D eigenvalue weighted by atomic mass is 35.5. The molecular weight excluding hydrogens is 479 g/mol. The van der Waals surface area contributed by atoms with Crippen LogP contribution in [0.3, 0.4) is 0 Å². The summed E-state index contributed by atoms with van der Waals surface area (Å²) in [5.41, 5.74) is 8.49. The first kappa shape index (κ1) is 26.6. The molecule has 2 N–H and O–H groups in total. The lowest BCUT2D eigenvalue weighted by molar-refractivity contribution is 0.608. The third-order valence-corrected chi connectivity index (χ3v) is 7.51. The standard InChI is InChI=1S/C33H34ClFN2/c1-4-23-10-13-26(31(35)21-23)16-17-27-20-24(12-19-32(27)37-5-2)11-18-28(22(3)25-14-15-25)33(36)29-8-6-7-9-30(29)34/h4-10,12-13,19-21,25,36-37H,1-2,11,14-18H2,3H3/b28-22+,36-33?. The topological polar surface area (TPSA) is 35.9 Å². The summed E-state index contributed by atoms with van der Waals surface area (Å²) in [4.78, 5) is 0. The maximum absolute atomic E-state index is 14.6. The molecule has 37 heavy (non-hydrogen) atoms. The van der Waals surface area contributed by atoms with Gasteiger partial charge in [0.05, 0.1) is 5.71 Å². The van der Waals surface area contributed by atoms with Crippen molar-refractivity contribution >= 4 is 29.1 Å². The van der Waals surface area contributed by atoms with Crippen LogP contribution in [0.15, 0.2) is 91.2 Å². The van der Waals surface area contributed by atoms with Gasteiger partial charge >= 0.3 is 0 Å². The first-order valence-electron chi connectivity index (χ1n) is 12.8. The predicted molar refractivity (Wildman–Crippen MR) is 156 cm³/mol. The smallest absolute Gasteiger partial charge is 0.127 e. The summed E-state index contributed by atoms with van der Waals surface area (Å²) < 4.78 is 14.6. The van der Waals surface area contributed by atoms with Crippen molar-refractivity contribution in [3.8, 4) is 0 Å². The second kappa shape index (κ2) is 12.2. The third-order valence-electron chi connectivity index (χ3n) is 7.18. The Morgan fingerprint density at radius 1 is 1.03 bits per heavy atom. The van der Waals surface area contributed by atoms with Gasteiger partial charge in [-0.25, -0.2) is 4.39 Å². The van der Waals surface area contributed by atoms with Crippen molar-refractivity contribution in [2.75, 3.05) is 5.32 Å². The summed E-state index contributed by atoms with van der Waals surface area (Å²) in [5, 5.41) is 12.8. The Kier molecular flexibility index (Phi) is 8.78. The highest BCUT2D eigenvalue weighted by Crippen LogP contribution is 2.39. The molecule has 0 atom stereocenters. The fourth-order valence-electron chi connectivity index (χ4n) is 4.80. The van der Waals surface area contributed by atoms with Crippen LogP contribution in [-0.4, -0.2) is 5.71 Å². The quantitative estimate of drug-likeness (QED) is 0.233. The zero-order chi connectivity index (χ0) is 26.4. The predicted octanol–water partition coefficient (Wildman–Crippen LogP) is 9.19. The fraction of sp³-hybridized carbons (Fsp3) is 0.242. The summed E-state index contributed by atoms with van der Waals surface area (Å²) in [5.74, 6) is 0.380. The molecule has 0 bridgehead atoms. The van der Waals surface area contributed by atoms with Gasteiger partial charge in [0.25, 0.3) is 0 Å².